The third-order valence-corrected chi connectivity index (χ3v) is 8.21. The molecule has 4 aromatic rings. The van der Waals surface area contributed by atoms with Crippen molar-refractivity contribution in [3.05, 3.63) is 117 Å². The molecule has 0 aliphatic heterocycles. The molecule has 1 aliphatic rings. The molecule has 0 radical (unpaired) electrons. The Morgan fingerprint density at radius 1 is 0.957 bits per heavy atom. The molecule has 0 saturated heterocycles. The molecule has 11 heteroatoms. The molecule has 3 aromatic carbocycles. The van der Waals surface area contributed by atoms with E-state index in [4.69, 9.17) is 13.7 Å². The van der Waals surface area contributed by atoms with E-state index in [9.17, 15) is 29.9 Å². The normalized spacial score (nSPS) is 17.8. The number of carbonyl (C=O) groups is 1. The second-order valence-corrected chi connectivity index (χ2v) is 11.2. The first-order valence-corrected chi connectivity index (χ1v) is 15.3. The number of likely N-dealkylation sites (N-methyl/N-ethyl adjacent to an activating group) is 1. The van der Waals surface area contributed by atoms with Gasteiger partial charge in [0.2, 0.25) is 5.91 Å². The van der Waals surface area contributed by atoms with Gasteiger partial charge in [-0.05, 0) is 78.7 Å². The average molecular weight is 679 g/mol. The zero-order valence-electron chi connectivity index (χ0n) is 37.4. The smallest absolute Gasteiger partial charge is 0.336 e. The third-order valence-electron chi connectivity index (χ3n) is 7.45. The summed E-state index contributed by atoms with van der Waals surface area (Å²) in [4.78, 5) is 33.6. The molecule has 1 heterocycles. The molecule has 0 N–H and O–H groups in total. The van der Waals surface area contributed by atoms with Crippen molar-refractivity contribution < 1.29 is 38.8 Å². The van der Waals surface area contributed by atoms with Crippen LogP contribution >= 0.6 is 11.8 Å². The van der Waals surface area contributed by atoms with Gasteiger partial charge in [-0.2, -0.15) is 18.2 Å². The maximum Gasteiger partial charge on any atom is 0.416 e. The van der Waals surface area contributed by atoms with Crippen LogP contribution in [0.3, 0.4) is 0 Å². The lowest BCUT2D eigenvalue weighted by Crippen LogP contribution is -2.40. The topological polar surface area (TPSA) is 58.4 Å². The van der Waals surface area contributed by atoms with Crippen LogP contribution in [-0.4, -0.2) is 51.3 Å². The van der Waals surface area contributed by atoms with Gasteiger partial charge >= 0.3 is 6.18 Å². The molecule has 1 aromatic heterocycles. The minimum Gasteiger partial charge on any atom is -0.336 e. The largest absolute Gasteiger partial charge is 0.416 e. The van der Waals surface area contributed by atoms with Crippen LogP contribution in [0.4, 0.5) is 17.6 Å². The van der Waals surface area contributed by atoms with Crippen LogP contribution in [-0.2, 0) is 42.6 Å². The lowest BCUT2D eigenvalue weighted by Gasteiger charge is -2.28. The van der Waals surface area contributed by atoms with Crippen LogP contribution in [0.15, 0.2) is 82.7 Å². The van der Waals surface area contributed by atoms with Crippen molar-refractivity contribution in [3.63, 3.8) is 0 Å². The van der Waals surface area contributed by atoms with Gasteiger partial charge < -0.3 is 14.4 Å². The van der Waals surface area contributed by atoms with Gasteiger partial charge in [-0.25, -0.2) is 4.39 Å². The summed E-state index contributed by atoms with van der Waals surface area (Å²) >= 11 is 0.0195. The van der Waals surface area contributed by atoms with Crippen molar-refractivity contribution in [3.8, 4) is 11.1 Å². The summed E-state index contributed by atoms with van der Waals surface area (Å²) in [7, 11) is 0. The van der Waals surface area contributed by atoms with Crippen molar-refractivity contribution in [1.82, 2.24) is 19.4 Å². The van der Waals surface area contributed by atoms with Crippen LogP contribution in [0.1, 0.15) is 64.7 Å². The molecule has 47 heavy (non-hydrogen) atoms. The SMILES string of the molecule is [2H]c1c([2H])c(C([2H])([2H])Sc2nc(=O)c3c(n2C([2H])([2H])C(=O)N(CCN(C([2H])([2H])C)C([2H])([2H])C)Cc2ccc(-c4ccc(C(F)(F)F)cc4)cc2)CCC3)c([2H])c([2H])c1F. The van der Waals surface area contributed by atoms with Gasteiger partial charge in [-0.1, -0.05) is 74.1 Å². The molecule has 0 fully saturated rings. The molecule has 0 bridgehead atoms. The second-order valence-electron chi connectivity index (χ2n) is 10.4. The molecule has 6 nitrogen and oxygen atoms in total. The van der Waals surface area contributed by atoms with Crippen molar-refractivity contribution in [2.24, 2.45) is 0 Å². The Hall–Kier alpha value is -3.96. The number of thioether (sulfide) groups is 1. The molecular formula is C36H38F4N4O2S. The number of hydrogen-bond donors (Lipinski definition) is 0. The first-order valence-electron chi connectivity index (χ1n) is 20.5. The highest BCUT2D eigenvalue weighted by molar-refractivity contribution is 7.98. The molecule has 0 unspecified atom stereocenters. The van der Waals surface area contributed by atoms with Crippen LogP contribution in [0.5, 0.6) is 0 Å². The minimum absolute atomic E-state index is 0.00225. The van der Waals surface area contributed by atoms with Crippen LogP contribution in [0, 0.1) is 5.82 Å². The lowest BCUT2D eigenvalue weighted by molar-refractivity contribution is -0.137. The second kappa shape index (κ2) is 15.3. The highest BCUT2D eigenvalue weighted by Crippen LogP contribution is 2.31. The van der Waals surface area contributed by atoms with Gasteiger partial charge in [0.1, 0.15) is 12.3 Å². The van der Waals surface area contributed by atoms with E-state index in [1.54, 1.807) is 12.1 Å². The molecule has 1 amide bonds. The highest BCUT2D eigenvalue weighted by Gasteiger charge is 2.30. The van der Waals surface area contributed by atoms with Gasteiger partial charge in [0.05, 0.1) is 13.8 Å². The predicted molar refractivity (Wildman–Crippen MR) is 177 cm³/mol. The van der Waals surface area contributed by atoms with Crippen molar-refractivity contribution in [2.75, 3.05) is 26.1 Å². The Labute approximate surface area is 293 Å². The van der Waals surface area contributed by atoms with Crippen LogP contribution < -0.4 is 5.56 Å². The monoisotopic (exact) mass is 678 g/mol. The van der Waals surface area contributed by atoms with Crippen molar-refractivity contribution >= 4 is 17.7 Å². The number of carbonyl (C=O) groups excluding carboxylic acids is 1. The maximum atomic E-state index is 14.7. The summed E-state index contributed by atoms with van der Waals surface area (Å²) in [5, 5.41) is -0.711. The number of benzene rings is 3. The van der Waals surface area contributed by atoms with Crippen molar-refractivity contribution in [2.45, 2.75) is 63.2 Å². The molecule has 1 aliphatic carbocycles. The lowest BCUT2D eigenvalue weighted by atomic mass is 10.0. The summed E-state index contributed by atoms with van der Waals surface area (Å²) < 4.78 is 156. The number of alkyl halides is 3. The zero-order chi connectivity index (χ0) is 44.2. The maximum absolute atomic E-state index is 14.7. The van der Waals surface area contributed by atoms with Gasteiger partial charge in [0.25, 0.3) is 5.56 Å². The standard InChI is InChI=1S/C36H38F4N4O2S/c1-3-42(4-2)20-21-43(22-25-8-12-27(13-9-25)28-14-16-29(17-15-28)36(38,39)40)33(45)23-44-32-7-5-6-31(32)34(46)41-35(44)47-24-26-10-18-30(37)19-11-26/h8-19H,3-7,20-24H2,1-2H3/i3D2,4D2,10D,11D,18D,19D,23D2,24D2. The Kier molecular flexibility index (Phi) is 7.10. The molecule has 0 atom stereocenters. The fourth-order valence-corrected chi connectivity index (χ4v) is 5.67. The van der Waals surface area contributed by atoms with E-state index in [2.05, 4.69) is 4.98 Å². The van der Waals surface area contributed by atoms with E-state index in [0.717, 1.165) is 40.3 Å². The number of aromatic nitrogens is 2. The minimum atomic E-state index is -4.54. The molecule has 0 spiro atoms. The van der Waals surface area contributed by atoms with Gasteiger partial charge in [-0.15, -0.1) is 0 Å². The number of amides is 1. The Morgan fingerprint density at radius 3 is 2.21 bits per heavy atom. The van der Waals surface area contributed by atoms with Gasteiger partial charge in [0.15, 0.2) is 5.16 Å². The fourth-order valence-electron chi connectivity index (χ4n) is 5.00. The van der Waals surface area contributed by atoms with Crippen molar-refractivity contribution in [1.29, 1.82) is 0 Å². The first kappa shape index (κ1) is 21.8. The fraction of sp³-hybridized carbons (Fsp3) is 0.361. The van der Waals surface area contributed by atoms with E-state index in [1.165, 1.54) is 24.3 Å². The van der Waals surface area contributed by atoms with Crippen LogP contribution in [0.25, 0.3) is 11.1 Å². The van der Waals surface area contributed by atoms with Gasteiger partial charge in [-0.3, -0.25) is 9.59 Å². The number of fused-ring (bicyclic) bond motifs is 1. The third kappa shape index (κ3) is 8.70. The van der Waals surface area contributed by atoms with Gasteiger partial charge in [0, 0.05) is 44.8 Å². The number of nitrogens with zero attached hydrogens (tertiary/aromatic N) is 4. The quantitative estimate of drug-likeness (QED) is 0.0850. The van der Waals surface area contributed by atoms with E-state index >= 15 is 0 Å². The summed E-state index contributed by atoms with van der Waals surface area (Å²) in [5.41, 5.74) is -4.26. The zero-order valence-corrected chi connectivity index (χ0v) is 26.2. The molecule has 5 rings (SSSR count). The van der Waals surface area contributed by atoms with E-state index in [-0.39, 0.29) is 42.4 Å². The Bertz CT molecular complexity index is 2260. The molecular weight excluding hydrogens is 628 g/mol. The Morgan fingerprint density at radius 2 is 1.60 bits per heavy atom. The predicted octanol–water partition coefficient (Wildman–Crippen LogP) is 7.22. The Balaban J connectivity index is 1.58. The first-order chi connectivity index (χ1) is 27.1. The number of hydrogen-bond acceptors (Lipinski definition) is 5. The average Bonchev–Trinajstić information content (AvgIpc) is 3.61. The summed E-state index contributed by atoms with van der Waals surface area (Å²) in [6.45, 7) is -6.83. The summed E-state index contributed by atoms with van der Waals surface area (Å²) in [5.74, 6) is -2.83. The summed E-state index contributed by atoms with van der Waals surface area (Å²) in [6, 6.07) is 6.15. The van der Waals surface area contributed by atoms with Crippen LogP contribution in [0.2, 0.25) is 0 Å². The number of halogens is 4. The molecule has 0 saturated carbocycles. The van der Waals surface area contributed by atoms with E-state index in [1.807, 2.05) is 0 Å². The van der Waals surface area contributed by atoms with E-state index < -0.39 is 102 Å². The summed E-state index contributed by atoms with van der Waals surface area (Å²) in [6.07, 6.45) is -4.03. The molecule has 248 valence electrons. The van der Waals surface area contributed by atoms with E-state index in [0.29, 0.717) is 23.1 Å². The highest BCUT2D eigenvalue weighted by atomic mass is 32.2. The number of rotatable bonds is 13.